The first kappa shape index (κ1) is 22.6. The van der Waals surface area contributed by atoms with Crippen LogP contribution in [0, 0.1) is 5.82 Å². The molecule has 11 heteroatoms. The summed E-state index contributed by atoms with van der Waals surface area (Å²) >= 11 is 1.13. The van der Waals surface area contributed by atoms with Crippen LogP contribution in [0.2, 0.25) is 0 Å². The number of carbonyl (C=O) groups is 1. The van der Waals surface area contributed by atoms with E-state index < -0.39 is 12.3 Å². The van der Waals surface area contributed by atoms with E-state index >= 15 is 0 Å². The lowest BCUT2D eigenvalue weighted by molar-refractivity contribution is -0.274. The average molecular weight is 455 g/mol. The van der Waals surface area contributed by atoms with E-state index in [0.29, 0.717) is 23.1 Å². The molecule has 1 amide bonds. The van der Waals surface area contributed by atoms with E-state index in [9.17, 15) is 27.5 Å². The van der Waals surface area contributed by atoms with Crippen molar-refractivity contribution in [2.75, 3.05) is 11.1 Å². The summed E-state index contributed by atoms with van der Waals surface area (Å²) in [7, 11) is 0. The van der Waals surface area contributed by atoms with Crippen molar-refractivity contribution in [2.24, 2.45) is 0 Å². The maximum Gasteiger partial charge on any atom is 0.573 e. The van der Waals surface area contributed by atoms with Crippen molar-refractivity contribution in [3.8, 4) is 5.75 Å². The number of hydrogen-bond donors (Lipinski definition) is 2. The highest BCUT2D eigenvalue weighted by Crippen LogP contribution is 2.24. The summed E-state index contributed by atoms with van der Waals surface area (Å²) in [5.74, 6) is -1.16. The number of alkyl halides is 3. The summed E-state index contributed by atoms with van der Waals surface area (Å²) < 4.78 is 55.2. The van der Waals surface area contributed by atoms with Crippen molar-refractivity contribution in [1.82, 2.24) is 9.55 Å². The molecule has 0 radical (unpaired) electrons. The average Bonchev–Trinajstić information content (AvgIpc) is 3.10. The first-order valence-electron chi connectivity index (χ1n) is 8.91. The van der Waals surface area contributed by atoms with Gasteiger partial charge < -0.3 is 19.7 Å². The Kier molecular flexibility index (Phi) is 7.18. The number of thioether (sulfide) groups is 1. The molecule has 3 aromatic rings. The van der Waals surface area contributed by atoms with E-state index in [2.05, 4.69) is 15.0 Å². The smallest absolute Gasteiger partial charge is 0.406 e. The quantitative estimate of drug-likeness (QED) is 0.394. The number of hydrogen-bond acceptors (Lipinski definition) is 5. The van der Waals surface area contributed by atoms with Gasteiger partial charge in [0.2, 0.25) is 5.91 Å². The zero-order valence-electron chi connectivity index (χ0n) is 15.9. The molecule has 0 fully saturated rings. The molecule has 0 aliphatic carbocycles. The van der Waals surface area contributed by atoms with Crippen LogP contribution in [0.15, 0.2) is 59.9 Å². The molecule has 2 aromatic carbocycles. The molecule has 3 rings (SSSR count). The number of halogens is 4. The Morgan fingerprint density at radius 3 is 2.42 bits per heavy atom. The van der Waals surface area contributed by atoms with Crippen molar-refractivity contribution >= 4 is 23.4 Å². The van der Waals surface area contributed by atoms with Gasteiger partial charge in [-0.25, -0.2) is 9.37 Å². The number of rotatable bonds is 8. The van der Waals surface area contributed by atoms with Crippen molar-refractivity contribution in [3.63, 3.8) is 0 Å². The second-order valence-corrected chi connectivity index (χ2v) is 7.28. The Labute approximate surface area is 178 Å². The molecule has 0 spiro atoms. The Morgan fingerprint density at radius 1 is 1.13 bits per heavy atom. The van der Waals surface area contributed by atoms with Gasteiger partial charge >= 0.3 is 6.36 Å². The number of nitrogens with one attached hydrogen (secondary N) is 1. The number of carbonyl (C=O) groups excluding carboxylic acids is 1. The molecule has 0 bridgehead atoms. The number of nitrogens with zero attached hydrogens (tertiary/aromatic N) is 2. The lowest BCUT2D eigenvalue weighted by Gasteiger charge is -2.10. The molecule has 164 valence electrons. The van der Waals surface area contributed by atoms with Gasteiger partial charge in [-0.3, -0.25) is 4.79 Å². The monoisotopic (exact) mass is 455 g/mol. The number of aliphatic hydroxyl groups is 1. The van der Waals surface area contributed by atoms with E-state index in [1.807, 2.05) is 0 Å². The summed E-state index contributed by atoms with van der Waals surface area (Å²) in [6, 6.07) is 10.7. The van der Waals surface area contributed by atoms with Gasteiger partial charge in [0.1, 0.15) is 11.6 Å². The number of imidazole rings is 1. The number of aromatic nitrogens is 2. The fraction of sp³-hybridized carbons (Fsp3) is 0.200. The van der Waals surface area contributed by atoms with E-state index in [0.717, 1.165) is 29.5 Å². The molecule has 2 N–H and O–H groups in total. The lowest BCUT2D eigenvalue weighted by Crippen LogP contribution is -2.17. The minimum Gasteiger partial charge on any atom is -0.406 e. The predicted molar refractivity (Wildman–Crippen MR) is 106 cm³/mol. The summed E-state index contributed by atoms with van der Waals surface area (Å²) in [5, 5.41) is 12.4. The third-order valence-electron chi connectivity index (χ3n) is 3.92. The molecule has 0 aliphatic heterocycles. The van der Waals surface area contributed by atoms with Crippen molar-refractivity contribution < 1.29 is 32.2 Å². The van der Waals surface area contributed by atoms with Crippen LogP contribution in [-0.4, -0.2) is 32.7 Å². The molecule has 0 atom stereocenters. The molecule has 0 unspecified atom stereocenters. The van der Waals surface area contributed by atoms with Crippen molar-refractivity contribution in [2.45, 2.75) is 24.7 Å². The zero-order chi connectivity index (χ0) is 22.4. The molecule has 0 aliphatic rings. The Hall–Kier alpha value is -3.05. The molecular formula is C20H17F4N3O3S. The normalized spacial score (nSPS) is 11.4. The second kappa shape index (κ2) is 9.84. The second-order valence-electron chi connectivity index (χ2n) is 6.34. The molecular weight excluding hydrogens is 438 g/mol. The van der Waals surface area contributed by atoms with E-state index in [1.54, 1.807) is 22.9 Å². The largest absolute Gasteiger partial charge is 0.573 e. The minimum absolute atomic E-state index is 0.0217. The van der Waals surface area contributed by atoms with Crippen LogP contribution in [0.3, 0.4) is 0 Å². The minimum atomic E-state index is -4.79. The van der Waals surface area contributed by atoms with Gasteiger partial charge in [-0.2, -0.15) is 0 Å². The number of ether oxygens (including phenoxy) is 1. The standard InChI is InChI=1S/C20H17F4N3O3S/c21-14-3-1-13(2-4-14)9-27-10-16(11-28)26-19(27)31-12-18(29)25-15-5-7-17(8-6-15)30-20(22,23)24/h1-8,10,28H,9,11-12H2,(H,25,29). The van der Waals surface area contributed by atoms with Crippen LogP contribution in [0.5, 0.6) is 5.75 Å². The number of anilines is 1. The summed E-state index contributed by atoms with van der Waals surface area (Å²) in [5.41, 5.74) is 1.55. The van der Waals surface area contributed by atoms with Crippen LogP contribution in [0.1, 0.15) is 11.3 Å². The fourth-order valence-corrected chi connectivity index (χ4v) is 3.41. The highest BCUT2D eigenvalue weighted by atomic mass is 32.2. The van der Waals surface area contributed by atoms with Crippen LogP contribution < -0.4 is 10.1 Å². The molecule has 6 nitrogen and oxygen atoms in total. The van der Waals surface area contributed by atoms with Crippen LogP contribution in [0.4, 0.5) is 23.2 Å². The van der Waals surface area contributed by atoms with Gasteiger partial charge in [-0.15, -0.1) is 13.2 Å². The van der Waals surface area contributed by atoms with Gasteiger partial charge in [-0.1, -0.05) is 23.9 Å². The maximum absolute atomic E-state index is 13.1. The van der Waals surface area contributed by atoms with Gasteiger partial charge in [0.15, 0.2) is 5.16 Å². The highest BCUT2D eigenvalue weighted by Gasteiger charge is 2.30. The van der Waals surface area contributed by atoms with Crippen LogP contribution >= 0.6 is 11.8 Å². The highest BCUT2D eigenvalue weighted by molar-refractivity contribution is 7.99. The molecule has 1 heterocycles. The Balaban J connectivity index is 1.59. The number of benzene rings is 2. The molecule has 0 saturated heterocycles. The third kappa shape index (κ3) is 7.00. The van der Waals surface area contributed by atoms with Gasteiger partial charge in [0.05, 0.1) is 18.1 Å². The van der Waals surface area contributed by atoms with E-state index in [-0.39, 0.29) is 23.9 Å². The fourth-order valence-electron chi connectivity index (χ4n) is 2.61. The van der Waals surface area contributed by atoms with Gasteiger partial charge in [0, 0.05) is 18.4 Å². The zero-order valence-corrected chi connectivity index (χ0v) is 16.7. The lowest BCUT2D eigenvalue weighted by atomic mass is 10.2. The summed E-state index contributed by atoms with van der Waals surface area (Å²) in [6.45, 7) is 0.0976. The topological polar surface area (TPSA) is 76.4 Å². The van der Waals surface area contributed by atoms with Gasteiger partial charge in [0.25, 0.3) is 0 Å². The third-order valence-corrected chi connectivity index (χ3v) is 4.91. The van der Waals surface area contributed by atoms with E-state index in [4.69, 9.17) is 0 Å². The Bertz CT molecular complexity index is 1020. The van der Waals surface area contributed by atoms with Gasteiger partial charge in [-0.05, 0) is 42.0 Å². The van der Waals surface area contributed by atoms with Crippen LogP contribution in [0.25, 0.3) is 0 Å². The van der Waals surface area contributed by atoms with Crippen LogP contribution in [-0.2, 0) is 17.9 Å². The number of aliphatic hydroxyl groups excluding tert-OH is 1. The number of amides is 1. The molecule has 31 heavy (non-hydrogen) atoms. The van der Waals surface area contributed by atoms with Crippen molar-refractivity contribution in [3.05, 3.63) is 71.8 Å². The predicted octanol–water partition coefficient (Wildman–Crippen LogP) is 4.19. The molecule has 1 aromatic heterocycles. The first-order chi connectivity index (χ1) is 14.7. The van der Waals surface area contributed by atoms with Crippen molar-refractivity contribution in [1.29, 1.82) is 0 Å². The Morgan fingerprint density at radius 2 is 1.81 bits per heavy atom. The van der Waals surface area contributed by atoms with E-state index in [1.165, 1.54) is 24.3 Å². The first-order valence-corrected chi connectivity index (χ1v) is 9.90. The molecule has 0 saturated carbocycles. The summed E-state index contributed by atoms with van der Waals surface area (Å²) in [4.78, 5) is 16.5. The summed E-state index contributed by atoms with van der Waals surface area (Å²) in [6.07, 6.45) is -3.15. The maximum atomic E-state index is 13.1. The SMILES string of the molecule is O=C(CSc1nc(CO)cn1Cc1ccc(F)cc1)Nc1ccc(OC(F)(F)F)cc1.